The highest BCUT2D eigenvalue weighted by Gasteiger charge is 2.14. The highest BCUT2D eigenvalue weighted by molar-refractivity contribution is 7.71. The molecule has 0 amide bonds. The number of aliphatic hydroxyl groups excluding tert-OH is 1. The van der Waals surface area contributed by atoms with Gasteiger partial charge in [-0.15, -0.1) is 0 Å². The van der Waals surface area contributed by atoms with Crippen molar-refractivity contribution in [3.05, 3.63) is 29.0 Å². The SMILES string of the molecule is CC[C@H](CCO)n1nnn(-c2ccc(OC)cc2)c1=S. The van der Waals surface area contributed by atoms with Gasteiger partial charge in [-0.25, -0.2) is 4.68 Å². The second-order valence-corrected chi connectivity index (χ2v) is 4.76. The number of rotatable bonds is 6. The molecule has 0 aliphatic carbocycles. The summed E-state index contributed by atoms with van der Waals surface area (Å²) in [4.78, 5) is 0. The summed E-state index contributed by atoms with van der Waals surface area (Å²) >= 11 is 5.41. The standard InChI is InChI=1S/C13H18N4O2S/c1-3-10(8-9-18)16-13(20)17(15-14-16)11-4-6-12(19-2)7-5-11/h4-7,10,18H,3,8-9H2,1-2H3/t10-/m1/s1. The van der Waals surface area contributed by atoms with Crippen molar-refractivity contribution in [2.45, 2.75) is 25.8 Å². The summed E-state index contributed by atoms with van der Waals surface area (Å²) in [7, 11) is 1.62. The van der Waals surface area contributed by atoms with Crippen LogP contribution in [0, 0.1) is 4.77 Å². The summed E-state index contributed by atoms with van der Waals surface area (Å²) < 4.78 is 8.94. The fourth-order valence-electron chi connectivity index (χ4n) is 2.02. The number of benzene rings is 1. The number of tetrazole rings is 1. The first kappa shape index (κ1) is 14.7. The van der Waals surface area contributed by atoms with E-state index in [4.69, 9.17) is 22.1 Å². The van der Waals surface area contributed by atoms with Crippen LogP contribution in [0.4, 0.5) is 0 Å². The molecule has 0 fully saturated rings. The molecule has 0 aliphatic rings. The van der Waals surface area contributed by atoms with Crippen LogP contribution in [-0.4, -0.2) is 38.6 Å². The molecule has 20 heavy (non-hydrogen) atoms. The quantitative estimate of drug-likeness (QED) is 0.827. The molecule has 2 aromatic rings. The molecule has 0 spiro atoms. The number of hydrogen-bond donors (Lipinski definition) is 1. The summed E-state index contributed by atoms with van der Waals surface area (Å²) in [6.07, 6.45) is 1.46. The first-order valence-corrected chi connectivity index (χ1v) is 6.91. The van der Waals surface area contributed by atoms with Gasteiger partial charge in [0.25, 0.3) is 0 Å². The lowest BCUT2D eigenvalue weighted by Gasteiger charge is -2.12. The molecule has 0 radical (unpaired) electrons. The maximum absolute atomic E-state index is 9.09. The number of aliphatic hydroxyl groups is 1. The van der Waals surface area contributed by atoms with Crippen molar-refractivity contribution in [2.75, 3.05) is 13.7 Å². The lowest BCUT2D eigenvalue weighted by molar-refractivity contribution is 0.246. The summed E-state index contributed by atoms with van der Waals surface area (Å²) in [6.45, 7) is 2.14. The number of aromatic nitrogens is 4. The molecule has 1 atom stereocenters. The average molecular weight is 294 g/mol. The molecule has 0 saturated heterocycles. The monoisotopic (exact) mass is 294 g/mol. The highest BCUT2D eigenvalue weighted by atomic mass is 32.1. The van der Waals surface area contributed by atoms with Crippen molar-refractivity contribution in [3.8, 4) is 11.4 Å². The zero-order valence-electron chi connectivity index (χ0n) is 11.6. The Bertz CT molecular complexity index is 606. The Kier molecular flexibility index (Phi) is 4.86. The fraction of sp³-hybridized carbons (Fsp3) is 0.462. The zero-order valence-corrected chi connectivity index (χ0v) is 12.4. The molecule has 7 heteroatoms. The Labute approximate surface area is 122 Å². The summed E-state index contributed by atoms with van der Waals surface area (Å²) in [5.74, 6) is 0.777. The first-order chi connectivity index (χ1) is 9.71. The van der Waals surface area contributed by atoms with E-state index in [1.807, 2.05) is 31.2 Å². The topological polar surface area (TPSA) is 65.1 Å². The Hall–Kier alpha value is -1.73. The minimum atomic E-state index is 0.0690. The van der Waals surface area contributed by atoms with Gasteiger partial charge < -0.3 is 9.84 Å². The van der Waals surface area contributed by atoms with Crippen LogP contribution < -0.4 is 4.74 Å². The second kappa shape index (κ2) is 6.62. The summed E-state index contributed by atoms with van der Waals surface area (Å²) in [6, 6.07) is 7.52. The van der Waals surface area contributed by atoms with Gasteiger partial charge in [-0.2, -0.15) is 4.68 Å². The van der Waals surface area contributed by atoms with Crippen molar-refractivity contribution in [2.24, 2.45) is 0 Å². The average Bonchev–Trinajstić information content (AvgIpc) is 2.86. The van der Waals surface area contributed by atoms with Gasteiger partial charge in [0.1, 0.15) is 5.75 Å². The predicted octanol–water partition coefficient (Wildman–Crippen LogP) is 2.14. The predicted molar refractivity (Wildman–Crippen MR) is 77.8 cm³/mol. The van der Waals surface area contributed by atoms with Gasteiger partial charge in [-0.1, -0.05) is 6.92 Å². The van der Waals surface area contributed by atoms with E-state index >= 15 is 0 Å². The van der Waals surface area contributed by atoms with Crippen LogP contribution in [0.3, 0.4) is 0 Å². The van der Waals surface area contributed by atoms with E-state index in [1.54, 1.807) is 16.5 Å². The lowest BCUT2D eigenvalue weighted by Crippen LogP contribution is -2.12. The van der Waals surface area contributed by atoms with Crippen molar-refractivity contribution in [3.63, 3.8) is 0 Å². The molecule has 0 bridgehead atoms. The molecule has 0 aliphatic heterocycles. The first-order valence-electron chi connectivity index (χ1n) is 6.51. The Morgan fingerprint density at radius 2 is 2.00 bits per heavy atom. The molecule has 6 nitrogen and oxygen atoms in total. The maximum atomic E-state index is 9.09. The van der Waals surface area contributed by atoms with Gasteiger partial charge >= 0.3 is 0 Å². The molecule has 108 valence electrons. The molecular weight excluding hydrogens is 276 g/mol. The normalized spacial score (nSPS) is 12.3. The highest BCUT2D eigenvalue weighted by Crippen LogP contribution is 2.18. The smallest absolute Gasteiger partial charge is 0.220 e. The number of nitrogens with zero attached hydrogens (tertiary/aromatic N) is 4. The van der Waals surface area contributed by atoms with E-state index in [2.05, 4.69) is 10.4 Å². The van der Waals surface area contributed by atoms with Crippen LogP contribution in [0.5, 0.6) is 5.75 Å². The molecule has 1 N–H and O–H groups in total. The minimum Gasteiger partial charge on any atom is -0.497 e. The molecule has 1 aromatic heterocycles. The Morgan fingerprint density at radius 3 is 2.55 bits per heavy atom. The fourth-order valence-corrected chi connectivity index (χ4v) is 2.35. The molecule has 0 unspecified atom stereocenters. The van der Waals surface area contributed by atoms with Crippen LogP contribution in [0.2, 0.25) is 0 Å². The van der Waals surface area contributed by atoms with E-state index in [-0.39, 0.29) is 12.6 Å². The molecule has 1 aromatic carbocycles. The van der Waals surface area contributed by atoms with E-state index in [9.17, 15) is 0 Å². The summed E-state index contributed by atoms with van der Waals surface area (Å²) in [5, 5.41) is 17.3. The van der Waals surface area contributed by atoms with Gasteiger partial charge in [-0.05, 0) is 59.8 Å². The van der Waals surface area contributed by atoms with Crippen molar-refractivity contribution in [1.29, 1.82) is 0 Å². The maximum Gasteiger partial charge on any atom is 0.220 e. The summed E-state index contributed by atoms with van der Waals surface area (Å²) in [5.41, 5.74) is 0.834. The van der Waals surface area contributed by atoms with Crippen LogP contribution >= 0.6 is 12.2 Å². The van der Waals surface area contributed by atoms with Crippen molar-refractivity contribution >= 4 is 12.2 Å². The third-order valence-corrected chi connectivity index (χ3v) is 3.56. The van der Waals surface area contributed by atoms with Crippen LogP contribution in [-0.2, 0) is 0 Å². The minimum absolute atomic E-state index is 0.0690. The zero-order chi connectivity index (χ0) is 14.5. The lowest BCUT2D eigenvalue weighted by atomic mass is 10.2. The van der Waals surface area contributed by atoms with Crippen molar-refractivity contribution in [1.82, 2.24) is 19.8 Å². The Morgan fingerprint density at radius 1 is 1.30 bits per heavy atom. The van der Waals surface area contributed by atoms with E-state index < -0.39 is 0 Å². The molecule has 0 saturated carbocycles. The van der Waals surface area contributed by atoms with Gasteiger partial charge in [0, 0.05) is 6.61 Å². The van der Waals surface area contributed by atoms with Crippen LogP contribution in [0.1, 0.15) is 25.8 Å². The van der Waals surface area contributed by atoms with Crippen molar-refractivity contribution < 1.29 is 9.84 Å². The third kappa shape index (κ3) is 2.88. The molecule has 1 heterocycles. The van der Waals surface area contributed by atoms with Gasteiger partial charge in [0.15, 0.2) is 0 Å². The van der Waals surface area contributed by atoms with Gasteiger partial charge in [0.05, 0.1) is 18.8 Å². The van der Waals surface area contributed by atoms with Crippen LogP contribution in [0.25, 0.3) is 5.69 Å². The number of methoxy groups -OCH3 is 1. The number of ether oxygens (including phenoxy) is 1. The Balaban J connectivity index is 2.34. The largest absolute Gasteiger partial charge is 0.497 e. The molecular formula is C13H18N4O2S. The van der Waals surface area contributed by atoms with Gasteiger partial charge in [0.2, 0.25) is 4.77 Å². The molecule has 2 rings (SSSR count). The van der Waals surface area contributed by atoms with E-state index in [0.717, 1.165) is 17.9 Å². The second-order valence-electron chi connectivity index (χ2n) is 4.39. The van der Waals surface area contributed by atoms with E-state index in [0.29, 0.717) is 11.2 Å². The van der Waals surface area contributed by atoms with E-state index in [1.165, 1.54) is 0 Å². The van der Waals surface area contributed by atoms with Gasteiger partial charge in [-0.3, -0.25) is 0 Å². The third-order valence-electron chi connectivity index (χ3n) is 3.20. The number of hydrogen-bond acceptors (Lipinski definition) is 5. The van der Waals surface area contributed by atoms with Crippen LogP contribution in [0.15, 0.2) is 24.3 Å².